The summed E-state index contributed by atoms with van der Waals surface area (Å²) in [6, 6.07) is 6.08. The van der Waals surface area contributed by atoms with Gasteiger partial charge >= 0.3 is 0 Å². The van der Waals surface area contributed by atoms with E-state index in [2.05, 4.69) is 13.8 Å². The molecule has 28 heavy (non-hydrogen) atoms. The summed E-state index contributed by atoms with van der Waals surface area (Å²) in [5.41, 5.74) is 1.03. The zero-order valence-corrected chi connectivity index (χ0v) is 17.4. The SMILES string of the molecule is C[C@H]1[C@H](C)CCC[C@H]1N(Cc1ccc2c(c1)OCO2)C(=O)CN1CCSC1=O. The fourth-order valence-electron chi connectivity index (χ4n) is 4.44. The molecule has 4 rings (SSSR count). The van der Waals surface area contributed by atoms with Gasteiger partial charge in [-0.1, -0.05) is 44.5 Å². The monoisotopic (exact) mass is 404 g/mol. The molecule has 1 saturated carbocycles. The lowest BCUT2D eigenvalue weighted by Gasteiger charge is -2.42. The van der Waals surface area contributed by atoms with E-state index in [1.807, 2.05) is 23.1 Å². The van der Waals surface area contributed by atoms with Crippen molar-refractivity contribution in [1.29, 1.82) is 0 Å². The molecule has 7 heteroatoms. The van der Waals surface area contributed by atoms with Gasteiger partial charge in [-0.25, -0.2) is 0 Å². The molecule has 1 aromatic rings. The molecule has 1 aliphatic carbocycles. The highest BCUT2D eigenvalue weighted by Gasteiger charge is 2.35. The number of ether oxygens (including phenoxy) is 2. The largest absolute Gasteiger partial charge is 0.454 e. The molecule has 1 saturated heterocycles. The van der Waals surface area contributed by atoms with Crippen molar-refractivity contribution >= 4 is 22.9 Å². The molecule has 3 aliphatic rings. The average Bonchev–Trinajstić information content (AvgIpc) is 3.31. The number of hydrogen-bond donors (Lipinski definition) is 0. The molecule has 2 heterocycles. The van der Waals surface area contributed by atoms with E-state index in [-0.39, 0.29) is 30.5 Å². The van der Waals surface area contributed by atoms with Gasteiger partial charge in [0.2, 0.25) is 12.7 Å². The molecule has 6 nitrogen and oxygen atoms in total. The Morgan fingerprint density at radius 3 is 2.86 bits per heavy atom. The van der Waals surface area contributed by atoms with Crippen molar-refractivity contribution in [3.63, 3.8) is 0 Å². The third-order valence-electron chi connectivity index (χ3n) is 6.35. The predicted molar refractivity (Wildman–Crippen MR) is 109 cm³/mol. The number of nitrogens with zero attached hydrogens (tertiary/aromatic N) is 2. The number of carbonyl (C=O) groups excluding carboxylic acids is 2. The Labute approximate surface area is 170 Å². The Kier molecular flexibility index (Phi) is 5.71. The van der Waals surface area contributed by atoms with Crippen LogP contribution in [0.2, 0.25) is 0 Å². The van der Waals surface area contributed by atoms with Crippen LogP contribution in [0, 0.1) is 11.8 Å². The van der Waals surface area contributed by atoms with Crippen molar-refractivity contribution in [3.05, 3.63) is 23.8 Å². The van der Waals surface area contributed by atoms with Gasteiger partial charge in [-0.2, -0.15) is 0 Å². The van der Waals surface area contributed by atoms with Crippen molar-refractivity contribution in [2.45, 2.75) is 45.7 Å². The summed E-state index contributed by atoms with van der Waals surface area (Å²) >= 11 is 1.30. The van der Waals surface area contributed by atoms with Gasteiger partial charge in [0.15, 0.2) is 11.5 Å². The number of benzene rings is 1. The summed E-state index contributed by atoms with van der Waals surface area (Å²) in [4.78, 5) is 29.0. The van der Waals surface area contributed by atoms with E-state index in [0.29, 0.717) is 24.9 Å². The average molecular weight is 405 g/mol. The molecule has 2 fully saturated rings. The first-order chi connectivity index (χ1) is 13.5. The summed E-state index contributed by atoms with van der Waals surface area (Å²) < 4.78 is 10.9. The highest BCUT2D eigenvalue weighted by atomic mass is 32.2. The Bertz CT molecular complexity index is 756. The van der Waals surface area contributed by atoms with Gasteiger partial charge in [0.25, 0.3) is 5.24 Å². The van der Waals surface area contributed by atoms with Crippen LogP contribution in [0.3, 0.4) is 0 Å². The molecule has 3 atom stereocenters. The van der Waals surface area contributed by atoms with Crippen molar-refractivity contribution < 1.29 is 19.1 Å². The molecule has 0 spiro atoms. The summed E-state index contributed by atoms with van der Waals surface area (Å²) in [7, 11) is 0. The molecule has 0 N–H and O–H groups in total. The quantitative estimate of drug-likeness (QED) is 0.748. The lowest BCUT2D eigenvalue weighted by molar-refractivity contribution is -0.137. The highest BCUT2D eigenvalue weighted by molar-refractivity contribution is 8.13. The molecule has 152 valence electrons. The molecular weight excluding hydrogens is 376 g/mol. The third-order valence-corrected chi connectivity index (χ3v) is 7.24. The number of rotatable bonds is 5. The lowest BCUT2D eigenvalue weighted by Crippen LogP contribution is -2.50. The minimum absolute atomic E-state index is 0.0152. The van der Waals surface area contributed by atoms with Gasteiger partial charge in [-0.05, 0) is 36.0 Å². The maximum atomic E-state index is 13.3. The van der Waals surface area contributed by atoms with Gasteiger partial charge in [0.1, 0.15) is 6.54 Å². The van der Waals surface area contributed by atoms with Crippen LogP contribution in [0.25, 0.3) is 0 Å². The second-order valence-electron chi connectivity index (χ2n) is 8.08. The molecule has 2 amide bonds. The summed E-state index contributed by atoms with van der Waals surface area (Å²) in [6.07, 6.45) is 3.37. The van der Waals surface area contributed by atoms with Crippen LogP contribution in [0.5, 0.6) is 11.5 Å². The maximum Gasteiger partial charge on any atom is 0.282 e. The van der Waals surface area contributed by atoms with E-state index >= 15 is 0 Å². The van der Waals surface area contributed by atoms with Crippen LogP contribution in [0.1, 0.15) is 38.7 Å². The number of fused-ring (bicyclic) bond motifs is 1. The van der Waals surface area contributed by atoms with Crippen LogP contribution < -0.4 is 9.47 Å². The maximum absolute atomic E-state index is 13.3. The molecule has 2 aliphatic heterocycles. The number of hydrogen-bond acceptors (Lipinski definition) is 5. The van der Waals surface area contributed by atoms with Crippen LogP contribution in [-0.4, -0.2) is 52.6 Å². The second kappa shape index (κ2) is 8.23. The van der Waals surface area contributed by atoms with E-state index in [1.54, 1.807) is 4.90 Å². The highest BCUT2D eigenvalue weighted by Crippen LogP contribution is 2.36. The van der Waals surface area contributed by atoms with Gasteiger partial charge in [-0.15, -0.1) is 0 Å². The van der Waals surface area contributed by atoms with Crippen LogP contribution in [-0.2, 0) is 11.3 Å². The zero-order valence-electron chi connectivity index (χ0n) is 16.6. The van der Waals surface area contributed by atoms with Gasteiger partial charge in [0.05, 0.1) is 0 Å². The van der Waals surface area contributed by atoms with Crippen LogP contribution >= 0.6 is 11.8 Å². The van der Waals surface area contributed by atoms with Crippen molar-refractivity contribution in [2.24, 2.45) is 11.8 Å². The number of amides is 2. The second-order valence-corrected chi connectivity index (χ2v) is 9.13. The summed E-state index contributed by atoms with van der Waals surface area (Å²) in [5, 5.41) is 0.0152. The van der Waals surface area contributed by atoms with E-state index < -0.39 is 0 Å². The van der Waals surface area contributed by atoms with Crippen molar-refractivity contribution in [2.75, 3.05) is 25.6 Å². The first kappa shape index (κ1) is 19.4. The van der Waals surface area contributed by atoms with Gasteiger partial charge in [0, 0.05) is 24.9 Å². The van der Waals surface area contributed by atoms with Crippen molar-refractivity contribution in [3.8, 4) is 11.5 Å². The molecule has 0 aromatic heterocycles. The fraction of sp³-hybridized carbons (Fsp3) is 0.619. The van der Waals surface area contributed by atoms with Gasteiger partial charge in [-0.3, -0.25) is 9.59 Å². The summed E-state index contributed by atoms with van der Waals surface area (Å²) in [5.74, 6) is 3.33. The first-order valence-corrected chi connectivity index (χ1v) is 11.1. The standard InChI is InChI=1S/C21H28N2O4S/c1-14-4-3-5-17(15(14)2)23(20(24)12-22-8-9-28-21(22)25)11-16-6-7-18-19(10-16)27-13-26-18/h6-7,10,14-15,17H,3-5,8-9,11-13H2,1-2H3/t14-,15+,17-/m1/s1. The lowest BCUT2D eigenvalue weighted by atomic mass is 9.77. The van der Waals surface area contributed by atoms with Crippen LogP contribution in [0.4, 0.5) is 4.79 Å². The Morgan fingerprint density at radius 2 is 2.07 bits per heavy atom. The molecular formula is C21H28N2O4S. The van der Waals surface area contributed by atoms with E-state index in [1.165, 1.54) is 18.2 Å². The Hall–Kier alpha value is -1.89. The third kappa shape index (κ3) is 3.95. The van der Waals surface area contributed by atoms with Crippen LogP contribution in [0.15, 0.2) is 18.2 Å². The fourth-order valence-corrected chi connectivity index (χ4v) is 5.27. The molecule has 0 radical (unpaired) electrons. The normalized spacial score (nSPS) is 26.6. The molecule has 0 unspecified atom stereocenters. The van der Waals surface area contributed by atoms with E-state index in [0.717, 1.165) is 35.7 Å². The molecule has 1 aromatic carbocycles. The topological polar surface area (TPSA) is 59.1 Å². The van der Waals surface area contributed by atoms with Crippen molar-refractivity contribution in [1.82, 2.24) is 9.80 Å². The minimum atomic E-state index is 0.0152. The number of thioether (sulfide) groups is 1. The zero-order chi connectivity index (χ0) is 19.7. The van der Waals surface area contributed by atoms with Gasteiger partial charge < -0.3 is 19.3 Å². The van der Waals surface area contributed by atoms with E-state index in [4.69, 9.17) is 9.47 Å². The minimum Gasteiger partial charge on any atom is -0.454 e. The van der Waals surface area contributed by atoms with E-state index in [9.17, 15) is 9.59 Å². The smallest absolute Gasteiger partial charge is 0.282 e. The predicted octanol–water partition coefficient (Wildman–Crippen LogP) is 3.74. The first-order valence-electron chi connectivity index (χ1n) is 10.1. The summed E-state index contributed by atoms with van der Waals surface area (Å²) in [6.45, 7) is 6.14. The number of carbonyl (C=O) groups is 2. The Morgan fingerprint density at radius 1 is 1.25 bits per heavy atom. The Balaban J connectivity index is 1.55. The molecule has 0 bridgehead atoms.